The largest absolute Gasteiger partial charge is 0.309 e. The monoisotopic (exact) mass is 651 g/mol. The molecule has 0 N–H and O–H groups in total. The summed E-state index contributed by atoms with van der Waals surface area (Å²) in [6.45, 7) is 6.05. The van der Waals surface area contributed by atoms with Crippen LogP contribution in [0, 0.1) is 34.0 Å². The summed E-state index contributed by atoms with van der Waals surface area (Å²) in [5.41, 5.74) is 11.4. The van der Waals surface area contributed by atoms with Crippen molar-refractivity contribution in [2.45, 2.75) is 6.92 Å². The minimum Gasteiger partial charge on any atom is -0.309 e. The molecule has 51 heavy (non-hydrogen) atoms. The van der Waals surface area contributed by atoms with Crippen molar-refractivity contribution in [3.63, 3.8) is 0 Å². The minimum absolute atomic E-state index is 0.364. The molecular weight excluding hydrogens is 623 g/mol. The van der Waals surface area contributed by atoms with Crippen molar-refractivity contribution in [2.75, 3.05) is 0 Å². The topological polar surface area (TPSA) is 81.2 Å². The second-order valence-corrected chi connectivity index (χ2v) is 12.3. The summed E-state index contributed by atoms with van der Waals surface area (Å²) in [6, 6.07) is 49.6. The number of para-hydroxylation sites is 2. The molecule has 0 bridgehead atoms. The lowest BCUT2D eigenvalue weighted by molar-refractivity contribution is 1.10. The van der Waals surface area contributed by atoms with E-state index in [0.29, 0.717) is 22.4 Å². The number of rotatable bonds is 6. The van der Waals surface area contributed by atoms with Crippen LogP contribution >= 0.6 is 0 Å². The Balaban J connectivity index is 1.37. The maximum absolute atomic E-state index is 10.6. The zero-order valence-corrected chi connectivity index (χ0v) is 27.8. The maximum atomic E-state index is 10.6. The van der Waals surface area contributed by atoms with E-state index in [0.717, 1.165) is 61.1 Å². The Labute approximate surface area is 295 Å². The predicted octanol–water partition coefficient (Wildman–Crippen LogP) is 11.4. The Morgan fingerprint density at radius 3 is 1.82 bits per heavy atom. The fourth-order valence-corrected chi connectivity index (χ4v) is 7.37. The highest BCUT2D eigenvalue weighted by Crippen LogP contribution is 2.42. The van der Waals surface area contributed by atoms with Crippen LogP contribution in [-0.2, 0) is 0 Å². The van der Waals surface area contributed by atoms with Crippen molar-refractivity contribution in [3.05, 3.63) is 168 Å². The number of allylic oxidation sites excluding steroid dienone is 1. The first-order valence-corrected chi connectivity index (χ1v) is 16.6. The SMILES string of the molecule is C=Cc1c(/C=C\C)n(-c2c(C#N)cc(C#N)cc2-c2ccccc2-c2ccc(-n3c4ccccc4c4ccccc43)cc2)c2ccc(C#N)cc12. The van der Waals surface area contributed by atoms with Gasteiger partial charge in [0.2, 0.25) is 0 Å². The smallest absolute Gasteiger partial charge is 0.101 e. The van der Waals surface area contributed by atoms with Gasteiger partial charge in [-0.1, -0.05) is 91.5 Å². The highest BCUT2D eigenvalue weighted by atomic mass is 15.0. The number of nitriles is 3. The number of hydrogen-bond acceptors (Lipinski definition) is 3. The number of benzene rings is 6. The normalized spacial score (nSPS) is 11.2. The average Bonchev–Trinajstić information content (AvgIpc) is 3.69. The molecule has 6 aromatic carbocycles. The molecule has 8 rings (SSSR count). The van der Waals surface area contributed by atoms with Crippen molar-refractivity contribution in [1.82, 2.24) is 9.13 Å². The van der Waals surface area contributed by atoms with Gasteiger partial charge in [0.15, 0.2) is 0 Å². The van der Waals surface area contributed by atoms with Gasteiger partial charge in [-0.2, -0.15) is 15.8 Å². The van der Waals surface area contributed by atoms with E-state index >= 15 is 0 Å². The fourth-order valence-electron chi connectivity index (χ4n) is 7.37. The third-order valence-electron chi connectivity index (χ3n) is 9.52. The van der Waals surface area contributed by atoms with E-state index in [4.69, 9.17) is 0 Å². The van der Waals surface area contributed by atoms with Gasteiger partial charge in [0.05, 0.1) is 56.8 Å². The highest BCUT2D eigenvalue weighted by molar-refractivity contribution is 6.09. The predicted molar refractivity (Wildman–Crippen MR) is 207 cm³/mol. The number of fused-ring (bicyclic) bond motifs is 4. The third kappa shape index (κ3) is 4.91. The van der Waals surface area contributed by atoms with Gasteiger partial charge in [-0.3, -0.25) is 0 Å². The van der Waals surface area contributed by atoms with Crippen LogP contribution in [0.1, 0.15) is 34.9 Å². The maximum Gasteiger partial charge on any atom is 0.101 e. The van der Waals surface area contributed by atoms with Crippen molar-refractivity contribution in [2.24, 2.45) is 0 Å². The molecule has 5 heteroatoms. The molecule has 0 amide bonds. The number of nitrogens with zero attached hydrogens (tertiary/aromatic N) is 5. The number of aromatic nitrogens is 2. The first-order chi connectivity index (χ1) is 25.1. The molecule has 0 saturated heterocycles. The molecule has 238 valence electrons. The van der Waals surface area contributed by atoms with Crippen LogP contribution in [0.4, 0.5) is 0 Å². The lowest BCUT2D eigenvalue weighted by Crippen LogP contribution is -2.05. The molecule has 0 aliphatic heterocycles. The molecule has 2 aromatic heterocycles. The molecule has 0 aliphatic carbocycles. The van der Waals surface area contributed by atoms with Gasteiger partial charge in [-0.25, -0.2) is 0 Å². The third-order valence-corrected chi connectivity index (χ3v) is 9.52. The van der Waals surface area contributed by atoms with Crippen LogP contribution in [0.5, 0.6) is 0 Å². The molecule has 0 unspecified atom stereocenters. The van der Waals surface area contributed by atoms with Crippen LogP contribution in [0.25, 0.3) is 78.5 Å². The first-order valence-electron chi connectivity index (χ1n) is 16.6. The Kier molecular flexibility index (Phi) is 7.62. The summed E-state index contributed by atoms with van der Waals surface area (Å²) in [7, 11) is 0. The van der Waals surface area contributed by atoms with E-state index in [1.165, 1.54) is 10.8 Å². The second kappa shape index (κ2) is 12.6. The zero-order chi connectivity index (χ0) is 35.1. The minimum atomic E-state index is 0.364. The van der Waals surface area contributed by atoms with E-state index in [1.54, 1.807) is 18.2 Å². The summed E-state index contributed by atoms with van der Waals surface area (Å²) in [5.74, 6) is 0. The summed E-state index contributed by atoms with van der Waals surface area (Å²) in [5, 5.41) is 33.7. The van der Waals surface area contributed by atoms with Crippen LogP contribution in [0.3, 0.4) is 0 Å². The molecule has 0 fully saturated rings. The molecule has 0 spiro atoms. The van der Waals surface area contributed by atoms with Gasteiger partial charge in [0, 0.05) is 33.0 Å². The van der Waals surface area contributed by atoms with E-state index in [-0.39, 0.29) is 0 Å². The Morgan fingerprint density at radius 2 is 1.20 bits per heavy atom. The Morgan fingerprint density at radius 1 is 0.569 bits per heavy atom. The van der Waals surface area contributed by atoms with Crippen molar-refractivity contribution < 1.29 is 0 Å². The summed E-state index contributed by atoms with van der Waals surface area (Å²) in [4.78, 5) is 0. The van der Waals surface area contributed by atoms with E-state index in [9.17, 15) is 15.8 Å². The standard InChI is InChI=1S/C46H29N5/c1-3-11-42-35(4-2)40-25-30(27-47)18-23-45(40)51(42)46-33(29-49)24-31(28-48)26-41(46)37-13-6-5-12-36(37)32-19-21-34(22-20-32)50-43-16-9-7-14-38(43)39-15-8-10-17-44(39)50/h3-26H,2H2,1H3/b11-3-. The van der Waals surface area contributed by atoms with Crippen LogP contribution in [0.15, 0.2) is 140 Å². The van der Waals surface area contributed by atoms with Gasteiger partial charge >= 0.3 is 0 Å². The van der Waals surface area contributed by atoms with Gasteiger partial charge in [-0.15, -0.1) is 0 Å². The Hall–Kier alpha value is -7.39. The van der Waals surface area contributed by atoms with Crippen molar-refractivity contribution in [1.29, 1.82) is 15.8 Å². The summed E-state index contributed by atoms with van der Waals surface area (Å²) in [6.07, 6.45) is 5.73. The second-order valence-electron chi connectivity index (χ2n) is 12.3. The van der Waals surface area contributed by atoms with Gasteiger partial charge in [-0.05, 0) is 84.3 Å². The average molecular weight is 652 g/mol. The lowest BCUT2D eigenvalue weighted by Gasteiger charge is -2.19. The zero-order valence-electron chi connectivity index (χ0n) is 27.8. The molecule has 5 nitrogen and oxygen atoms in total. The van der Waals surface area contributed by atoms with Gasteiger partial charge in [0.25, 0.3) is 0 Å². The van der Waals surface area contributed by atoms with Gasteiger partial charge < -0.3 is 9.13 Å². The lowest BCUT2D eigenvalue weighted by atomic mass is 9.90. The molecule has 0 aliphatic rings. The molecule has 0 radical (unpaired) electrons. The van der Waals surface area contributed by atoms with E-state index in [1.807, 2.05) is 55.5 Å². The van der Waals surface area contributed by atoms with Crippen LogP contribution in [0.2, 0.25) is 0 Å². The quantitative estimate of drug-likeness (QED) is 0.179. The first kappa shape index (κ1) is 30.9. The van der Waals surface area contributed by atoms with Gasteiger partial charge in [0.1, 0.15) is 6.07 Å². The van der Waals surface area contributed by atoms with E-state index in [2.05, 4.69) is 113 Å². The summed E-state index contributed by atoms with van der Waals surface area (Å²) >= 11 is 0. The molecular formula is C46H29N5. The molecule has 2 heterocycles. The van der Waals surface area contributed by atoms with Crippen molar-refractivity contribution >= 4 is 44.9 Å². The van der Waals surface area contributed by atoms with Crippen molar-refractivity contribution in [3.8, 4) is 51.8 Å². The molecule has 8 aromatic rings. The molecule has 0 atom stereocenters. The highest BCUT2D eigenvalue weighted by Gasteiger charge is 2.23. The fraction of sp³-hybridized carbons (Fsp3) is 0.0217. The molecule has 0 saturated carbocycles. The number of hydrogen-bond donors (Lipinski definition) is 0. The van der Waals surface area contributed by atoms with Crippen LogP contribution in [-0.4, -0.2) is 9.13 Å². The summed E-state index contributed by atoms with van der Waals surface area (Å²) < 4.78 is 4.35. The Bertz CT molecular complexity index is 2810. The van der Waals surface area contributed by atoms with Crippen LogP contribution < -0.4 is 0 Å². The van der Waals surface area contributed by atoms with E-state index < -0.39 is 0 Å².